The number of hydrogen-bond acceptors (Lipinski definition) is 7. The highest BCUT2D eigenvalue weighted by Gasteiger charge is 2.44. The van der Waals surface area contributed by atoms with Gasteiger partial charge in [-0.25, -0.2) is 4.79 Å². The standard InChI is InChI=1S/C21H18ClN3O7/c1-11(2)18(24-19(27)13-5-3-4-6-14(13)20(24)28)21(29)32-10-17(26)23-16-9-12(25(30)31)7-8-15(16)22/h3-9,11,18H,10H2,1-2H3,(H,23,26)/t18-/m0/s1. The van der Waals surface area contributed by atoms with Crippen LogP contribution >= 0.6 is 11.6 Å². The molecule has 0 aromatic heterocycles. The summed E-state index contributed by atoms with van der Waals surface area (Å²) in [7, 11) is 0. The lowest BCUT2D eigenvalue weighted by molar-refractivity contribution is -0.384. The van der Waals surface area contributed by atoms with Crippen molar-refractivity contribution < 1.29 is 28.8 Å². The van der Waals surface area contributed by atoms with Gasteiger partial charge in [0.2, 0.25) is 0 Å². The van der Waals surface area contributed by atoms with Crippen LogP contribution in [0.2, 0.25) is 5.02 Å². The van der Waals surface area contributed by atoms with Gasteiger partial charge in [-0.3, -0.25) is 29.4 Å². The third-order valence-corrected chi connectivity index (χ3v) is 5.09. The van der Waals surface area contributed by atoms with Crippen LogP contribution in [-0.4, -0.2) is 46.2 Å². The van der Waals surface area contributed by atoms with E-state index in [4.69, 9.17) is 16.3 Å². The second kappa shape index (κ2) is 9.15. The van der Waals surface area contributed by atoms with Crippen LogP contribution < -0.4 is 5.32 Å². The molecule has 11 heteroatoms. The van der Waals surface area contributed by atoms with E-state index in [2.05, 4.69) is 5.32 Å². The smallest absolute Gasteiger partial charge is 0.330 e. The van der Waals surface area contributed by atoms with Gasteiger partial charge in [0.15, 0.2) is 6.61 Å². The zero-order chi connectivity index (χ0) is 23.6. The summed E-state index contributed by atoms with van der Waals surface area (Å²) >= 11 is 5.94. The van der Waals surface area contributed by atoms with Crippen molar-refractivity contribution in [1.82, 2.24) is 4.90 Å². The first-order valence-electron chi connectivity index (χ1n) is 9.49. The maximum Gasteiger partial charge on any atom is 0.330 e. The maximum absolute atomic E-state index is 12.7. The highest BCUT2D eigenvalue weighted by Crippen LogP contribution is 2.28. The molecule has 2 aromatic rings. The quantitative estimate of drug-likeness (QED) is 0.291. The average Bonchev–Trinajstić information content (AvgIpc) is 2.99. The number of nitrogens with zero attached hydrogens (tertiary/aromatic N) is 2. The van der Waals surface area contributed by atoms with Gasteiger partial charge in [0, 0.05) is 12.1 Å². The van der Waals surface area contributed by atoms with Crippen LogP contribution in [-0.2, 0) is 14.3 Å². The van der Waals surface area contributed by atoms with Gasteiger partial charge >= 0.3 is 5.97 Å². The molecule has 32 heavy (non-hydrogen) atoms. The number of ether oxygens (including phenoxy) is 1. The SMILES string of the molecule is CC(C)[C@@H](C(=O)OCC(=O)Nc1cc([N+](=O)[O-])ccc1Cl)N1C(=O)c2ccccc2C1=O. The van der Waals surface area contributed by atoms with Crippen molar-refractivity contribution in [3.05, 3.63) is 68.7 Å². The Morgan fingerprint density at radius 2 is 1.72 bits per heavy atom. The Kier molecular flexibility index (Phi) is 6.54. The first-order chi connectivity index (χ1) is 15.1. The average molecular weight is 460 g/mol. The number of amides is 3. The molecule has 1 atom stereocenters. The van der Waals surface area contributed by atoms with Crippen LogP contribution in [0.15, 0.2) is 42.5 Å². The molecule has 0 radical (unpaired) electrons. The highest BCUT2D eigenvalue weighted by atomic mass is 35.5. The van der Waals surface area contributed by atoms with E-state index >= 15 is 0 Å². The predicted octanol–water partition coefficient (Wildman–Crippen LogP) is 3.05. The van der Waals surface area contributed by atoms with Crippen molar-refractivity contribution in [3.63, 3.8) is 0 Å². The van der Waals surface area contributed by atoms with E-state index in [1.165, 1.54) is 24.3 Å². The van der Waals surface area contributed by atoms with E-state index in [0.717, 1.165) is 11.0 Å². The number of fused-ring (bicyclic) bond motifs is 1. The summed E-state index contributed by atoms with van der Waals surface area (Å²) < 4.78 is 5.05. The second-order valence-electron chi connectivity index (χ2n) is 7.29. The Labute approximate surface area is 187 Å². The molecule has 1 heterocycles. The first kappa shape index (κ1) is 22.9. The van der Waals surface area contributed by atoms with Gasteiger partial charge in [-0.05, 0) is 24.1 Å². The van der Waals surface area contributed by atoms with Crippen molar-refractivity contribution in [3.8, 4) is 0 Å². The number of carbonyl (C=O) groups is 4. The Balaban J connectivity index is 1.70. The lowest BCUT2D eigenvalue weighted by Crippen LogP contribution is -2.49. The molecule has 10 nitrogen and oxygen atoms in total. The van der Waals surface area contributed by atoms with Gasteiger partial charge in [-0.1, -0.05) is 37.6 Å². The Morgan fingerprint density at radius 1 is 1.12 bits per heavy atom. The van der Waals surface area contributed by atoms with Gasteiger partial charge in [0.25, 0.3) is 23.4 Å². The summed E-state index contributed by atoms with van der Waals surface area (Å²) in [6.07, 6.45) is 0. The normalized spacial score (nSPS) is 13.7. The maximum atomic E-state index is 12.7. The molecule has 0 spiro atoms. The second-order valence-corrected chi connectivity index (χ2v) is 7.70. The van der Waals surface area contributed by atoms with Crippen LogP contribution in [0.4, 0.5) is 11.4 Å². The van der Waals surface area contributed by atoms with Gasteiger partial charge in [0.05, 0.1) is 26.8 Å². The largest absolute Gasteiger partial charge is 0.454 e. The minimum absolute atomic E-state index is 0.0253. The van der Waals surface area contributed by atoms with Gasteiger partial charge in [-0.15, -0.1) is 0 Å². The lowest BCUT2D eigenvalue weighted by atomic mass is 10.0. The molecule has 166 valence electrons. The van der Waals surface area contributed by atoms with Gasteiger partial charge in [0.1, 0.15) is 6.04 Å². The summed E-state index contributed by atoms with van der Waals surface area (Å²) in [6, 6.07) is 8.46. The summed E-state index contributed by atoms with van der Waals surface area (Å²) in [6.45, 7) is 2.53. The summed E-state index contributed by atoms with van der Waals surface area (Å²) in [4.78, 5) is 61.4. The van der Waals surface area contributed by atoms with E-state index in [9.17, 15) is 29.3 Å². The van der Waals surface area contributed by atoms with Crippen LogP contribution in [0, 0.1) is 16.0 Å². The van der Waals surface area contributed by atoms with E-state index in [1.54, 1.807) is 26.0 Å². The highest BCUT2D eigenvalue weighted by molar-refractivity contribution is 6.33. The molecular formula is C21H18ClN3O7. The molecule has 1 aliphatic heterocycles. The van der Waals surface area contributed by atoms with Gasteiger partial charge < -0.3 is 10.1 Å². The zero-order valence-electron chi connectivity index (χ0n) is 17.0. The molecule has 3 rings (SSSR count). The molecule has 3 amide bonds. The number of imide groups is 1. The fraction of sp³-hybridized carbons (Fsp3) is 0.238. The molecule has 1 N–H and O–H groups in total. The minimum Gasteiger partial charge on any atom is -0.454 e. The predicted molar refractivity (Wildman–Crippen MR) is 113 cm³/mol. The minimum atomic E-state index is -1.24. The Hall–Kier alpha value is -3.79. The number of nitrogens with one attached hydrogen (secondary N) is 1. The summed E-state index contributed by atoms with van der Waals surface area (Å²) in [5, 5.41) is 13.3. The van der Waals surface area contributed by atoms with Crippen molar-refractivity contribution in [2.24, 2.45) is 5.92 Å². The number of carbonyl (C=O) groups excluding carboxylic acids is 4. The van der Waals surface area contributed by atoms with Crippen molar-refractivity contribution in [2.45, 2.75) is 19.9 Å². The number of non-ortho nitro benzene ring substituents is 1. The molecule has 0 bridgehead atoms. The fourth-order valence-corrected chi connectivity index (χ4v) is 3.43. The number of halogens is 1. The third kappa shape index (κ3) is 4.45. The monoisotopic (exact) mass is 459 g/mol. The number of anilines is 1. The number of rotatable bonds is 7. The number of hydrogen-bond donors (Lipinski definition) is 1. The number of nitro groups is 1. The molecule has 0 unspecified atom stereocenters. The molecule has 0 fully saturated rings. The van der Waals surface area contributed by atoms with Crippen LogP contribution in [0.1, 0.15) is 34.6 Å². The zero-order valence-corrected chi connectivity index (χ0v) is 17.8. The molecule has 0 aliphatic carbocycles. The summed E-state index contributed by atoms with van der Waals surface area (Å²) in [5.74, 6) is -3.46. The van der Waals surface area contributed by atoms with E-state index in [0.29, 0.717) is 0 Å². The van der Waals surface area contributed by atoms with Crippen molar-refractivity contribution in [2.75, 3.05) is 11.9 Å². The number of esters is 1. The summed E-state index contributed by atoms with van der Waals surface area (Å²) in [5.41, 5.74) is 0.0675. The Morgan fingerprint density at radius 3 is 2.25 bits per heavy atom. The number of benzene rings is 2. The number of nitro benzene ring substituents is 1. The van der Waals surface area contributed by atoms with E-state index in [-0.39, 0.29) is 27.5 Å². The fourth-order valence-electron chi connectivity index (χ4n) is 3.27. The van der Waals surface area contributed by atoms with Gasteiger partial charge in [-0.2, -0.15) is 0 Å². The molecular weight excluding hydrogens is 442 g/mol. The Bertz CT molecular complexity index is 1100. The molecule has 0 saturated carbocycles. The van der Waals surface area contributed by atoms with Crippen LogP contribution in [0.5, 0.6) is 0 Å². The van der Waals surface area contributed by atoms with Crippen molar-refractivity contribution >= 4 is 46.7 Å². The molecule has 1 aliphatic rings. The molecule has 2 aromatic carbocycles. The van der Waals surface area contributed by atoms with Crippen LogP contribution in [0.3, 0.4) is 0 Å². The topological polar surface area (TPSA) is 136 Å². The van der Waals surface area contributed by atoms with Crippen LogP contribution in [0.25, 0.3) is 0 Å². The van der Waals surface area contributed by atoms with E-state index in [1.807, 2.05) is 0 Å². The first-order valence-corrected chi connectivity index (χ1v) is 9.87. The van der Waals surface area contributed by atoms with Crippen molar-refractivity contribution in [1.29, 1.82) is 0 Å². The van der Waals surface area contributed by atoms with E-state index < -0.39 is 47.2 Å². The third-order valence-electron chi connectivity index (χ3n) is 4.76. The lowest BCUT2D eigenvalue weighted by Gasteiger charge is -2.27. The molecule has 0 saturated heterocycles.